The second kappa shape index (κ2) is 3.84. The van der Waals surface area contributed by atoms with Crippen molar-refractivity contribution < 1.29 is 8.78 Å². The molecule has 2 aromatic rings. The van der Waals surface area contributed by atoms with Crippen LogP contribution in [-0.4, -0.2) is 6.54 Å². The van der Waals surface area contributed by atoms with Gasteiger partial charge in [-0.05, 0) is 35.7 Å². The van der Waals surface area contributed by atoms with Crippen LogP contribution in [0, 0.1) is 11.6 Å². The topological polar surface area (TPSA) is 12.0 Å². The molecule has 0 atom stereocenters. The molecule has 3 heteroatoms. The van der Waals surface area contributed by atoms with Crippen LogP contribution in [0.25, 0.3) is 11.1 Å². The van der Waals surface area contributed by atoms with Crippen LogP contribution < -0.4 is 5.32 Å². The van der Waals surface area contributed by atoms with Crippen LogP contribution in [0.3, 0.4) is 0 Å². The standard InChI is InChI=1S/C14H11F2N/c15-9-4-5-11(13(16)8-9)10-2-1-3-14-12(10)6-7-17-14/h1-5,8,17H,6-7H2. The van der Waals surface area contributed by atoms with Crippen LogP contribution in [0.1, 0.15) is 5.56 Å². The smallest absolute Gasteiger partial charge is 0.133 e. The zero-order chi connectivity index (χ0) is 11.8. The molecule has 0 spiro atoms. The van der Waals surface area contributed by atoms with Crippen molar-refractivity contribution in [2.24, 2.45) is 0 Å². The van der Waals surface area contributed by atoms with Gasteiger partial charge >= 0.3 is 0 Å². The molecule has 2 aromatic carbocycles. The molecule has 3 rings (SSSR count). The predicted molar refractivity (Wildman–Crippen MR) is 64.0 cm³/mol. The van der Waals surface area contributed by atoms with E-state index in [4.69, 9.17) is 0 Å². The highest BCUT2D eigenvalue weighted by Crippen LogP contribution is 2.34. The molecule has 1 aliphatic rings. The minimum absolute atomic E-state index is 0.465. The number of nitrogens with one attached hydrogen (secondary N) is 1. The van der Waals surface area contributed by atoms with Crippen LogP contribution in [0.15, 0.2) is 36.4 Å². The van der Waals surface area contributed by atoms with Crippen molar-refractivity contribution in [3.8, 4) is 11.1 Å². The highest BCUT2D eigenvalue weighted by atomic mass is 19.1. The van der Waals surface area contributed by atoms with E-state index >= 15 is 0 Å². The number of fused-ring (bicyclic) bond motifs is 1. The Hall–Kier alpha value is -1.90. The first-order valence-corrected chi connectivity index (χ1v) is 5.57. The lowest BCUT2D eigenvalue weighted by Gasteiger charge is -2.09. The third-order valence-electron chi connectivity index (χ3n) is 3.09. The van der Waals surface area contributed by atoms with E-state index in [0.29, 0.717) is 5.56 Å². The summed E-state index contributed by atoms with van der Waals surface area (Å²) in [6.07, 6.45) is 0.877. The normalized spacial score (nSPS) is 13.3. The maximum atomic E-state index is 13.7. The van der Waals surface area contributed by atoms with Gasteiger partial charge in [-0.3, -0.25) is 0 Å². The highest BCUT2D eigenvalue weighted by molar-refractivity contribution is 5.76. The molecule has 86 valence electrons. The Balaban J connectivity index is 2.19. The summed E-state index contributed by atoms with van der Waals surface area (Å²) < 4.78 is 26.6. The summed E-state index contributed by atoms with van der Waals surface area (Å²) in [5.41, 5.74) is 3.47. The fourth-order valence-corrected chi connectivity index (χ4v) is 2.30. The van der Waals surface area contributed by atoms with Crippen LogP contribution >= 0.6 is 0 Å². The van der Waals surface area contributed by atoms with Gasteiger partial charge in [0.15, 0.2) is 0 Å². The van der Waals surface area contributed by atoms with Gasteiger partial charge in [0.1, 0.15) is 11.6 Å². The fourth-order valence-electron chi connectivity index (χ4n) is 2.30. The first-order valence-electron chi connectivity index (χ1n) is 5.57. The molecule has 0 aromatic heterocycles. The Morgan fingerprint density at radius 2 is 1.88 bits per heavy atom. The molecule has 0 saturated heterocycles. The molecule has 0 radical (unpaired) electrons. The van der Waals surface area contributed by atoms with E-state index in [1.807, 2.05) is 18.2 Å². The van der Waals surface area contributed by atoms with Crippen molar-refractivity contribution in [2.75, 3.05) is 11.9 Å². The quantitative estimate of drug-likeness (QED) is 0.790. The molecule has 0 saturated carbocycles. The number of benzene rings is 2. The molecule has 0 fully saturated rings. The molecular weight excluding hydrogens is 220 g/mol. The molecule has 17 heavy (non-hydrogen) atoms. The SMILES string of the molecule is Fc1ccc(-c2cccc3c2CCN3)c(F)c1. The van der Waals surface area contributed by atoms with E-state index in [9.17, 15) is 8.78 Å². The summed E-state index contributed by atoms with van der Waals surface area (Å²) in [5.74, 6) is -1.05. The van der Waals surface area contributed by atoms with Crippen molar-refractivity contribution >= 4 is 5.69 Å². The van der Waals surface area contributed by atoms with Gasteiger partial charge < -0.3 is 5.32 Å². The molecule has 0 unspecified atom stereocenters. The summed E-state index contributed by atoms with van der Waals surface area (Å²) in [5, 5.41) is 3.24. The summed E-state index contributed by atoms with van der Waals surface area (Å²) in [6.45, 7) is 0.870. The maximum Gasteiger partial charge on any atom is 0.133 e. The number of anilines is 1. The van der Waals surface area contributed by atoms with E-state index in [1.54, 1.807) is 0 Å². The Kier molecular flexibility index (Phi) is 2.32. The lowest BCUT2D eigenvalue weighted by atomic mass is 9.97. The molecule has 0 amide bonds. The monoisotopic (exact) mass is 231 g/mol. The number of hydrogen-bond acceptors (Lipinski definition) is 1. The van der Waals surface area contributed by atoms with E-state index in [-0.39, 0.29) is 0 Å². The van der Waals surface area contributed by atoms with Gasteiger partial charge in [0.2, 0.25) is 0 Å². The van der Waals surface area contributed by atoms with Gasteiger partial charge in [0, 0.05) is 23.9 Å². The van der Waals surface area contributed by atoms with Crippen molar-refractivity contribution in [3.63, 3.8) is 0 Å². The lowest BCUT2D eigenvalue weighted by molar-refractivity contribution is 0.585. The third-order valence-corrected chi connectivity index (χ3v) is 3.09. The van der Waals surface area contributed by atoms with Crippen molar-refractivity contribution in [2.45, 2.75) is 6.42 Å². The van der Waals surface area contributed by atoms with Gasteiger partial charge in [-0.1, -0.05) is 12.1 Å². The molecular formula is C14H11F2N. The van der Waals surface area contributed by atoms with Gasteiger partial charge in [-0.15, -0.1) is 0 Å². The maximum absolute atomic E-state index is 13.7. The number of halogens is 2. The summed E-state index contributed by atoms with van der Waals surface area (Å²) in [7, 11) is 0. The van der Waals surface area contributed by atoms with Crippen molar-refractivity contribution in [3.05, 3.63) is 53.6 Å². The molecule has 0 aliphatic carbocycles. The van der Waals surface area contributed by atoms with Gasteiger partial charge in [-0.25, -0.2) is 8.78 Å². The van der Waals surface area contributed by atoms with Gasteiger partial charge in [-0.2, -0.15) is 0 Å². The first-order chi connectivity index (χ1) is 8.25. The summed E-state index contributed by atoms with van der Waals surface area (Å²) in [6, 6.07) is 9.46. The average molecular weight is 231 g/mol. The van der Waals surface area contributed by atoms with E-state index in [0.717, 1.165) is 35.8 Å². The Labute approximate surface area is 98.1 Å². The fraction of sp³-hybridized carbons (Fsp3) is 0.143. The van der Waals surface area contributed by atoms with Crippen molar-refractivity contribution in [1.82, 2.24) is 0 Å². The Morgan fingerprint density at radius 3 is 2.71 bits per heavy atom. The van der Waals surface area contributed by atoms with Crippen molar-refractivity contribution in [1.29, 1.82) is 0 Å². The van der Waals surface area contributed by atoms with E-state index in [2.05, 4.69) is 5.32 Å². The average Bonchev–Trinajstić information content (AvgIpc) is 2.77. The molecule has 1 aliphatic heterocycles. The van der Waals surface area contributed by atoms with Gasteiger partial charge in [0.05, 0.1) is 0 Å². The molecule has 1 heterocycles. The second-order valence-corrected chi connectivity index (χ2v) is 4.13. The molecule has 1 N–H and O–H groups in total. The van der Waals surface area contributed by atoms with Gasteiger partial charge in [0.25, 0.3) is 0 Å². The zero-order valence-electron chi connectivity index (χ0n) is 9.13. The lowest BCUT2D eigenvalue weighted by Crippen LogP contribution is -1.91. The molecule has 1 nitrogen and oxygen atoms in total. The zero-order valence-corrected chi connectivity index (χ0v) is 9.13. The summed E-state index contributed by atoms with van der Waals surface area (Å²) >= 11 is 0. The Morgan fingerprint density at radius 1 is 1.00 bits per heavy atom. The minimum atomic E-state index is -0.544. The summed E-state index contributed by atoms with van der Waals surface area (Å²) in [4.78, 5) is 0. The number of hydrogen-bond donors (Lipinski definition) is 1. The largest absolute Gasteiger partial charge is 0.384 e. The highest BCUT2D eigenvalue weighted by Gasteiger charge is 2.17. The second-order valence-electron chi connectivity index (χ2n) is 4.13. The van der Waals surface area contributed by atoms with Crippen LogP contribution in [0.5, 0.6) is 0 Å². The number of rotatable bonds is 1. The molecule has 0 bridgehead atoms. The first kappa shape index (κ1) is 10.3. The van der Waals surface area contributed by atoms with Crippen LogP contribution in [0.4, 0.5) is 14.5 Å². The van der Waals surface area contributed by atoms with E-state index in [1.165, 1.54) is 12.1 Å². The predicted octanol–water partition coefficient (Wildman–Crippen LogP) is 3.60. The minimum Gasteiger partial charge on any atom is -0.384 e. The Bertz CT molecular complexity index is 578. The van der Waals surface area contributed by atoms with Crippen LogP contribution in [0.2, 0.25) is 0 Å². The van der Waals surface area contributed by atoms with Crippen LogP contribution in [-0.2, 0) is 6.42 Å². The van der Waals surface area contributed by atoms with E-state index < -0.39 is 11.6 Å². The third kappa shape index (κ3) is 1.68.